The molecular weight excluding hydrogens is 275 g/mol. The van der Waals surface area contributed by atoms with Gasteiger partial charge in [0.25, 0.3) is 0 Å². The van der Waals surface area contributed by atoms with E-state index in [1.54, 1.807) is 23.5 Å². The van der Waals surface area contributed by atoms with Gasteiger partial charge >= 0.3 is 0 Å². The minimum atomic E-state index is -0.342. The molecule has 2 aromatic heterocycles. The SMILES string of the molecule is Cc1csc(C(C)Nc2ncnc3c(F)cccc23)n1. The Morgan fingerprint density at radius 1 is 1.30 bits per heavy atom. The molecule has 6 heteroatoms. The van der Waals surface area contributed by atoms with E-state index in [0.717, 1.165) is 10.7 Å². The number of para-hydroxylation sites is 1. The van der Waals surface area contributed by atoms with E-state index in [1.165, 1.54) is 12.4 Å². The molecule has 0 saturated heterocycles. The van der Waals surface area contributed by atoms with Crippen LogP contribution in [0.1, 0.15) is 23.7 Å². The second kappa shape index (κ2) is 5.13. The molecule has 4 nitrogen and oxygen atoms in total. The highest BCUT2D eigenvalue weighted by Crippen LogP contribution is 2.26. The Kier molecular flexibility index (Phi) is 3.31. The average Bonchev–Trinajstić information content (AvgIpc) is 2.87. The predicted octanol–water partition coefficient (Wildman–Crippen LogP) is 3.71. The van der Waals surface area contributed by atoms with Crippen LogP contribution in [0.4, 0.5) is 10.2 Å². The number of nitrogens with zero attached hydrogens (tertiary/aromatic N) is 3. The minimum absolute atomic E-state index is 0.00932. The zero-order valence-electron chi connectivity index (χ0n) is 11.1. The normalized spacial score (nSPS) is 12.6. The third-order valence-corrected chi connectivity index (χ3v) is 4.12. The molecule has 1 atom stereocenters. The summed E-state index contributed by atoms with van der Waals surface area (Å²) in [5.74, 6) is 0.278. The minimum Gasteiger partial charge on any atom is -0.360 e. The summed E-state index contributed by atoms with van der Waals surface area (Å²) in [6.07, 6.45) is 1.37. The molecule has 0 radical (unpaired) electrons. The van der Waals surface area contributed by atoms with Gasteiger partial charge in [0.1, 0.15) is 28.5 Å². The number of hydrogen-bond donors (Lipinski definition) is 1. The van der Waals surface area contributed by atoms with Crippen LogP contribution in [0.5, 0.6) is 0 Å². The second-order valence-electron chi connectivity index (χ2n) is 4.55. The van der Waals surface area contributed by atoms with Gasteiger partial charge < -0.3 is 5.32 Å². The molecule has 0 bridgehead atoms. The molecule has 1 N–H and O–H groups in total. The van der Waals surface area contributed by atoms with Crippen molar-refractivity contribution in [3.63, 3.8) is 0 Å². The number of hydrogen-bond acceptors (Lipinski definition) is 5. The first kappa shape index (κ1) is 12.9. The van der Waals surface area contributed by atoms with E-state index in [0.29, 0.717) is 16.7 Å². The van der Waals surface area contributed by atoms with Crippen LogP contribution in [0.3, 0.4) is 0 Å². The Hall–Kier alpha value is -2.08. The van der Waals surface area contributed by atoms with Crippen molar-refractivity contribution >= 4 is 28.1 Å². The van der Waals surface area contributed by atoms with Crippen LogP contribution in [0, 0.1) is 12.7 Å². The Balaban J connectivity index is 1.97. The fourth-order valence-corrected chi connectivity index (χ4v) is 2.81. The van der Waals surface area contributed by atoms with Crippen molar-refractivity contribution in [1.82, 2.24) is 15.0 Å². The third-order valence-electron chi connectivity index (χ3n) is 2.98. The zero-order chi connectivity index (χ0) is 14.1. The molecule has 0 aliphatic heterocycles. The van der Waals surface area contributed by atoms with Crippen LogP contribution in [-0.4, -0.2) is 15.0 Å². The summed E-state index contributed by atoms with van der Waals surface area (Å²) in [6.45, 7) is 3.97. The zero-order valence-corrected chi connectivity index (χ0v) is 11.9. The first-order valence-electron chi connectivity index (χ1n) is 6.23. The molecule has 0 spiro atoms. The lowest BCUT2D eigenvalue weighted by Gasteiger charge is -2.13. The van der Waals surface area contributed by atoms with Crippen molar-refractivity contribution < 1.29 is 4.39 Å². The maximum absolute atomic E-state index is 13.7. The van der Waals surface area contributed by atoms with Gasteiger partial charge in [-0.25, -0.2) is 19.3 Å². The molecule has 2 heterocycles. The highest BCUT2D eigenvalue weighted by Gasteiger charge is 2.13. The third kappa shape index (κ3) is 2.34. The van der Waals surface area contributed by atoms with Crippen LogP contribution in [0.2, 0.25) is 0 Å². The summed E-state index contributed by atoms with van der Waals surface area (Å²) < 4.78 is 13.7. The average molecular weight is 288 g/mol. The lowest BCUT2D eigenvalue weighted by Crippen LogP contribution is -2.08. The number of halogens is 1. The highest BCUT2D eigenvalue weighted by molar-refractivity contribution is 7.09. The number of aromatic nitrogens is 3. The van der Waals surface area contributed by atoms with Crippen LogP contribution in [-0.2, 0) is 0 Å². The number of aryl methyl sites for hydroxylation is 1. The summed E-state index contributed by atoms with van der Waals surface area (Å²) in [4.78, 5) is 12.6. The maximum atomic E-state index is 13.7. The van der Waals surface area contributed by atoms with Gasteiger partial charge in [-0.05, 0) is 26.0 Å². The van der Waals surface area contributed by atoms with Crippen molar-refractivity contribution in [1.29, 1.82) is 0 Å². The van der Waals surface area contributed by atoms with Crippen molar-refractivity contribution in [3.8, 4) is 0 Å². The molecule has 0 amide bonds. The molecule has 0 fully saturated rings. The van der Waals surface area contributed by atoms with E-state index >= 15 is 0 Å². The summed E-state index contributed by atoms with van der Waals surface area (Å²) in [5, 5.41) is 6.93. The second-order valence-corrected chi connectivity index (χ2v) is 5.44. The number of fused-ring (bicyclic) bond motifs is 1. The Morgan fingerprint density at radius 2 is 2.15 bits per heavy atom. The van der Waals surface area contributed by atoms with E-state index in [1.807, 2.05) is 19.2 Å². The van der Waals surface area contributed by atoms with Crippen molar-refractivity contribution in [2.24, 2.45) is 0 Å². The Morgan fingerprint density at radius 3 is 2.90 bits per heavy atom. The number of nitrogens with one attached hydrogen (secondary N) is 1. The topological polar surface area (TPSA) is 50.7 Å². The van der Waals surface area contributed by atoms with Gasteiger partial charge in [0.05, 0.1) is 6.04 Å². The lowest BCUT2D eigenvalue weighted by atomic mass is 10.2. The molecule has 3 aromatic rings. The largest absolute Gasteiger partial charge is 0.360 e. The first-order chi connectivity index (χ1) is 9.65. The molecule has 20 heavy (non-hydrogen) atoms. The first-order valence-corrected chi connectivity index (χ1v) is 7.11. The lowest BCUT2D eigenvalue weighted by molar-refractivity contribution is 0.636. The fraction of sp³-hybridized carbons (Fsp3) is 0.214. The van der Waals surface area contributed by atoms with Gasteiger partial charge in [-0.2, -0.15) is 0 Å². The van der Waals surface area contributed by atoms with Gasteiger partial charge in [0, 0.05) is 16.5 Å². The molecule has 3 rings (SSSR count). The van der Waals surface area contributed by atoms with Crippen LogP contribution in [0.25, 0.3) is 10.9 Å². The van der Waals surface area contributed by atoms with Crippen molar-refractivity contribution in [3.05, 3.63) is 46.4 Å². The molecule has 0 saturated carbocycles. The summed E-state index contributed by atoms with van der Waals surface area (Å²) in [5.41, 5.74) is 1.32. The summed E-state index contributed by atoms with van der Waals surface area (Å²) in [6, 6.07) is 4.87. The van der Waals surface area contributed by atoms with Gasteiger partial charge in [0.2, 0.25) is 0 Å². The fourth-order valence-electron chi connectivity index (χ4n) is 2.00. The van der Waals surface area contributed by atoms with Gasteiger partial charge in [0.15, 0.2) is 0 Å². The Labute approximate surface area is 119 Å². The van der Waals surface area contributed by atoms with Gasteiger partial charge in [-0.1, -0.05) is 6.07 Å². The molecule has 1 unspecified atom stereocenters. The van der Waals surface area contributed by atoms with Crippen LogP contribution in [0.15, 0.2) is 29.9 Å². The maximum Gasteiger partial charge on any atom is 0.149 e. The van der Waals surface area contributed by atoms with Gasteiger partial charge in [-0.3, -0.25) is 0 Å². The van der Waals surface area contributed by atoms with Crippen molar-refractivity contribution in [2.75, 3.05) is 5.32 Å². The highest BCUT2D eigenvalue weighted by atomic mass is 32.1. The molecular formula is C14H13FN4S. The molecule has 1 aromatic carbocycles. The van der Waals surface area contributed by atoms with E-state index in [4.69, 9.17) is 0 Å². The van der Waals surface area contributed by atoms with E-state index < -0.39 is 0 Å². The van der Waals surface area contributed by atoms with E-state index in [-0.39, 0.29) is 11.9 Å². The molecule has 102 valence electrons. The monoisotopic (exact) mass is 288 g/mol. The summed E-state index contributed by atoms with van der Waals surface area (Å²) in [7, 11) is 0. The molecule has 0 aliphatic carbocycles. The predicted molar refractivity (Wildman–Crippen MR) is 78.4 cm³/mol. The standard InChI is InChI=1S/C14H13FN4S/c1-8-6-20-14(18-8)9(2)19-13-10-4-3-5-11(15)12(10)16-7-17-13/h3-7,9H,1-2H3,(H,16,17,19). The van der Waals surface area contributed by atoms with Crippen LogP contribution >= 0.6 is 11.3 Å². The quantitative estimate of drug-likeness (QED) is 0.798. The van der Waals surface area contributed by atoms with E-state index in [2.05, 4.69) is 20.3 Å². The Bertz CT molecular complexity index is 756. The number of thiazole rings is 1. The van der Waals surface area contributed by atoms with Gasteiger partial charge in [-0.15, -0.1) is 11.3 Å². The number of rotatable bonds is 3. The number of anilines is 1. The number of benzene rings is 1. The molecule has 0 aliphatic rings. The smallest absolute Gasteiger partial charge is 0.149 e. The van der Waals surface area contributed by atoms with Crippen molar-refractivity contribution in [2.45, 2.75) is 19.9 Å². The summed E-state index contributed by atoms with van der Waals surface area (Å²) >= 11 is 1.59. The van der Waals surface area contributed by atoms with E-state index in [9.17, 15) is 4.39 Å². The van der Waals surface area contributed by atoms with Crippen LogP contribution < -0.4 is 5.32 Å².